The van der Waals surface area contributed by atoms with E-state index in [0.29, 0.717) is 34.3 Å². The summed E-state index contributed by atoms with van der Waals surface area (Å²) in [5.41, 5.74) is 2.60. The van der Waals surface area contributed by atoms with E-state index in [1.165, 1.54) is 23.1 Å². The molecule has 0 bridgehead atoms. The highest BCUT2D eigenvalue weighted by Gasteiger charge is 2.16. The normalized spacial score (nSPS) is 11.0. The Morgan fingerprint density at radius 3 is 2.45 bits per heavy atom. The van der Waals surface area contributed by atoms with Crippen LogP contribution in [-0.2, 0) is 9.59 Å². The Morgan fingerprint density at radius 1 is 0.975 bits per heavy atom. The zero-order chi connectivity index (χ0) is 28.3. The SMILES string of the molecule is CCOc1ccc(/C=C(/NC(=O)c2ccccc2)C(=O)Nc2cccc(SCC(=O)Nc3nc(C)cs3)c2)cc1. The molecule has 3 aromatic carbocycles. The summed E-state index contributed by atoms with van der Waals surface area (Å²) in [5, 5.41) is 10.8. The van der Waals surface area contributed by atoms with E-state index in [9.17, 15) is 14.4 Å². The molecule has 4 aromatic rings. The topological polar surface area (TPSA) is 109 Å². The maximum absolute atomic E-state index is 13.3. The highest BCUT2D eigenvalue weighted by atomic mass is 32.2. The first-order valence-corrected chi connectivity index (χ1v) is 14.3. The molecule has 0 aliphatic rings. The van der Waals surface area contributed by atoms with E-state index in [2.05, 4.69) is 20.9 Å². The van der Waals surface area contributed by atoms with Gasteiger partial charge in [0.1, 0.15) is 11.4 Å². The van der Waals surface area contributed by atoms with Gasteiger partial charge in [-0.3, -0.25) is 14.4 Å². The molecule has 10 heteroatoms. The van der Waals surface area contributed by atoms with E-state index in [1.807, 2.05) is 43.5 Å². The number of carbonyl (C=O) groups is 3. The molecule has 0 unspecified atom stereocenters. The van der Waals surface area contributed by atoms with Crippen molar-refractivity contribution in [3.8, 4) is 5.75 Å². The van der Waals surface area contributed by atoms with Crippen molar-refractivity contribution in [1.29, 1.82) is 0 Å². The standard InChI is InChI=1S/C30H28N4O4S2/c1-3-38-24-14-12-21(13-15-24)16-26(33-28(36)22-8-5-4-6-9-22)29(37)32-23-10-7-11-25(17-23)39-19-27(35)34-30-31-20(2)18-40-30/h4-18H,3,19H2,1-2H3,(H,32,37)(H,33,36)(H,31,34,35)/b26-16+. The molecule has 40 heavy (non-hydrogen) atoms. The highest BCUT2D eigenvalue weighted by molar-refractivity contribution is 8.00. The van der Waals surface area contributed by atoms with Crippen LogP contribution in [0.15, 0.2) is 94.8 Å². The minimum atomic E-state index is -0.489. The number of nitrogens with one attached hydrogen (secondary N) is 3. The van der Waals surface area contributed by atoms with Crippen molar-refractivity contribution >= 4 is 57.7 Å². The van der Waals surface area contributed by atoms with Crippen molar-refractivity contribution in [2.45, 2.75) is 18.7 Å². The minimum Gasteiger partial charge on any atom is -0.494 e. The van der Waals surface area contributed by atoms with E-state index in [4.69, 9.17) is 4.74 Å². The number of anilines is 2. The van der Waals surface area contributed by atoms with Crippen LogP contribution in [0.3, 0.4) is 0 Å². The average Bonchev–Trinajstić information content (AvgIpc) is 3.37. The summed E-state index contributed by atoms with van der Waals surface area (Å²) in [5.74, 6) is -0.163. The third kappa shape index (κ3) is 8.55. The fourth-order valence-corrected chi connectivity index (χ4v) is 4.97. The first-order chi connectivity index (χ1) is 19.4. The second-order valence-corrected chi connectivity index (χ2v) is 10.4. The highest BCUT2D eigenvalue weighted by Crippen LogP contribution is 2.23. The monoisotopic (exact) mass is 572 g/mol. The maximum Gasteiger partial charge on any atom is 0.272 e. The van der Waals surface area contributed by atoms with Crippen LogP contribution < -0.4 is 20.7 Å². The summed E-state index contributed by atoms with van der Waals surface area (Å²) in [6.07, 6.45) is 1.61. The van der Waals surface area contributed by atoms with Crippen molar-refractivity contribution in [2.75, 3.05) is 23.0 Å². The molecule has 0 spiro atoms. The van der Waals surface area contributed by atoms with E-state index >= 15 is 0 Å². The molecule has 0 radical (unpaired) electrons. The van der Waals surface area contributed by atoms with Gasteiger partial charge >= 0.3 is 0 Å². The van der Waals surface area contributed by atoms with Gasteiger partial charge in [0.25, 0.3) is 11.8 Å². The number of aromatic nitrogens is 1. The van der Waals surface area contributed by atoms with Gasteiger partial charge in [0.05, 0.1) is 18.1 Å². The number of amides is 3. The van der Waals surface area contributed by atoms with Crippen LogP contribution in [-0.4, -0.2) is 35.1 Å². The van der Waals surface area contributed by atoms with Gasteiger partial charge in [0.15, 0.2) is 5.13 Å². The van der Waals surface area contributed by atoms with Crippen molar-refractivity contribution in [2.24, 2.45) is 0 Å². The third-order valence-corrected chi connectivity index (χ3v) is 7.23. The van der Waals surface area contributed by atoms with Crippen LogP contribution in [0, 0.1) is 6.92 Å². The Balaban J connectivity index is 1.46. The molecule has 0 aliphatic heterocycles. The first-order valence-electron chi connectivity index (χ1n) is 12.5. The largest absolute Gasteiger partial charge is 0.494 e. The lowest BCUT2D eigenvalue weighted by atomic mass is 10.1. The predicted octanol–water partition coefficient (Wildman–Crippen LogP) is 5.99. The van der Waals surface area contributed by atoms with Crippen molar-refractivity contribution in [3.63, 3.8) is 0 Å². The molecule has 0 saturated heterocycles. The molecular weight excluding hydrogens is 544 g/mol. The Labute approximate surface area is 240 Å². The number of carbonyl (C=O) groups excluding carboxylic acids is 3. The van der Waals surface area contributed by atoms with E-state index in [0.717, 1.165) is 10.6 Å². The van der Waals surface area contributed by atoms with E-state index in [1.54, 1.807) is 60.7 Å². The quantitative estimate of drug-likeness (QED) is 0.150. The predicted molar refractivity (Wildman–Crippen MR) is 161 cm³/mol. The van der Waals surface area contributed by atoms with Gasteiger partial charge in [-0.25, -0.2) is 4.98 Å². The van der Waals surface area contributed by atoms with Crippen LogP contribution in [0.4, 0.5) is 10.8 Å². The fraction of sp³-hybridized carbons (Fsp3) is 0.133. The molecule has 1 heterocycles. The number of thioether (sulfide) groups is 1. The molecule has 0 fully saturated rings. The van der Waals surface area contributed by atoms with Gasteiger partial charge in [-0.05, 0) is 68.0 Å². The fourth-order valence-electron chi connectivity index (χ4n) is 3.51. The molecule has 3 amide bonds. The van der Waals surface area contributed by atoms with Crippen LogP contribution >= 0.6 is 23.1 Å². The second-order valence-electron chi connectivity index (χ2n) is 8.49. The van der Waals surface area contributed by atoms with Crippen LogP contribution in [0.25, 0.3) is 6.08 Å². The summed E-state index contributed by atoms with van der Waals surface area (Å²) in [6.45, 7) is 4.32. The van der Waals surface area contributed by atoms with E-state index in [-0.39, 0.29) is 17.4 Å². The van der Waals surface area contributed by atoms with Gasteiger partial charge in [-0.2, -0.15) is 0 Å². The summed E-state index contributed by atoms with van der Waals surface area (Å²) in [4.78, 5) is 43.6. The number of hydrogen-bond donors (Lipinski definition) is 3. The Bertz CT molecular complexity index is 1500. The van der Waals surface area contributed by atoms with Gasteiger partial charge in [0, 0.05) is 21.5 Å². The molecule has 0 aliphatic carbocycles. The molecular formula is C30H28N4O4S2. The zero-order valence-electron chi connectivity index (χ0n) is 22.0. The number of ether oxygens (including phenoxy) is 1. The number of rotatable bonds is 11. The molecule has 0 atom stereocenters. The molecule has 4 rings (SSSR count). The number of nitrogens with zero attached hydrogens (tertiary/aromatic N) is 1. The van der Waals surface area contributed by atoms with Gasteiger partial charge in [0.2, 0.25) is 5.91 Å². The van der Waals surface area contributed by atoms with Crippen molar-refractivity contribution in [3.05, 3.63) is 107 Å². The molecule has 8 nitrogen and oxygen atoms in total. The van der Waals surface area contributed by atoms with Crippen molar-refractivity contribution in [1.82, 2.24) is 10.3 Å². The van der Waals surface area contributed by atoms with Gasteiger partial charge < -0.3 is 20.7 Å². The van der Waals surface area contributed by atoms with Crippen LogP contribution in [0.1, 0.15) is 28.5 Å². The van der Waals surface area contributed by atoms with E-state index < -0.39 is 11.8 Å². The number of hydrogen-bond acceptors (Lipinski definition) is 7. The van der Waals surface area contributed by atoms with Crippen LogP contribution in [0.5, 0.6) is 5.75 Å². The number of thiazole rings is 1. The lowest BCUT2D eigenvalue weighted by molar-refractivity contribution is -0.114. The Hall–Kier alpha value is -4.41. The van der Waals surface area contributed by atoms with Gasteiger partial charge in [-0.1, -0.05) is 36.4 Å². The lowest BCUT2D eigenvalue weighted by Gasteiger charge is -2.12. The Morgan fingerprint density at radius 2 is 1.75 bits per heavy atom. The molecule has 3 N–H and O–H groups in total. The van der Waals surface area contributed by atoms with Gasteiger partial charge in [-0.15, -0.1) is 23.1 Å². The zero-order valence-corrected chi connectivity index (χ0v) is 23.6. The summed E-state index contributed by atoms with van der Waals surface area (Å²) in [6, 6.07) is 23.1. The molecule has 1 aromatic heterocycles. The smallest absolute Gasteiger partial charge is 0.272 e. The summed E-state index contributed by atoms with van der Waals surface area (Å²) >= 11 is 2.71. The minimum absolute atomic E-state index is 0.0780. The number of aryl methyl sites for hydroxylation is 1. The van der Waals surface area contributed by atoms with Crippen molar-refractivity contribution < 1.29 is 19.1 Å². The molecule has 0 saturated carbocycles. The third-order valence-electron chi connectivity index (χ3n) is 5.36. The number of benzene rings is 3. The average molecular weight is 573 g/mol. The summed E-state index contributed by atoms with van der Waals surface area (Å²) < 4.78 is 5.49. The van der Waals surface area contributed by atoms with Crippen LogP contribution in [0.2, 0.25) is 0 Å². The second kappa shape index (κ2) is 14.1. The Kier molecular flexibility index (Phi) is 10.1. The first kappa shape index (κ1) is 28.6. The summed E-state index contributed by atoms with van der Waals surface area (Å²) in [7, 11) is 0. The maximum atomic E-state index is 13.3. The molecule has 204 valence electrons. The lowest BCUT2D eigenvalue weighted by Crippen LogP contribution is -2.30.